The van der Waals surface area contributed by atoms with E-state index in [1.165, 1.54) is 17.3 Å². The predicted molar refractivity (Wildman–Crippen MR) is 110 cm³/mol. The zero-order valence-electron chi connectivity index (χ0n) is 15.9. The van der Waals surface area contributed by atoms with Gasteiger partial charge in [-0.05, 0) is 30.2 Å². The quantitative estimate of drug-likeness (QED) is 0.618. The summed E-state index contributed by atoms with van der Waals surface area (Å²) in [5.41, 5.74) is 2.24. The molecule has 29 heavy (non-hydrogen) atoms. The number of rotatable bonds is 4. The zero-order chi connectivity index (χ0) is 19.8. The van der Waals surface area contributed by atoms with Gasteiger partial charge in [0.1, 0.15) is 6.61 Å². The van der Waals surface area contributed by atoms with Gasteiger partial charge in [-0.3, -0.25) is 4.79 Å². The summed E-state index contributed by atoms with van der Waals surface area (Å²) < 4.78 is 13.7. The summed E-state index contributed by atoms with van der Waals surface area (Å²) in [7, 11) is 1.89. The monoisotopic (exact) mass is 408 g/mol. The van der Waals surface area contributed by atoms with Gasteiger partial charge in [0.15, 0.2) is 28.6 Å². The lowest BCUT2D eigenvalue weighted by Gasteiger charge is -2.25. The van der Waals surface area contributed by atoms with Crippen molar-refractivity contribution >= 4 is 23.4 Å². The van der Waals surface area contributed by atoms with Crippen LogP contribution in [0.3, 0.4) is 0 Å². The van der Waals surface area contributed by atoms with Crippen LogP contribution in [0.5, 0.6) is 11.5 Å². The molecule has 2 aromatic carbocycles. The third kappa shape index (κ3) is 3.33. The highest BCUT2D eigenvalue weighted by Gasteiger charge is 2.28. The number of amides is 1. The molecule has 0 spiro atoms. The highest BCUT2D eigenvalue weighted by Crippen LogP contribution is 2.36. The molecule has 3 aromatic rings. The van der Waals surface area contributed by atoms with Crippen LogP contribution in [-0.4, -0.2) is 39.6 Å². The molecule has 2 aliphatic rings. The lowest BCUT2D eigenvalue weighted by Crippen LogP contribution is -2.30. The van der Waals surface area contributed by atoms with E-state index in [0.717, 1.165) is 24.4 Å². The summed E-state index contributed by atoms with van der Waals surface area (Å²) >= 11 is 1.39. The van der Waals surface area contributed by atoms with Gasteiger partial charge in [0, 0.05) is 19.3 Å². The minimum absolute atomic E-state index is 0.0793. The molecular formula is C21H20N4O3S. The fraction of sp³-hybridized carbons (Fsp3) is 0.286. The SMILES string of the molecule is Cn1c(SCC(=O)N2CCc3ccccc32)nnc1[C@@H]1COc2ccccc2O1. The molecular weight excluding hydrogens is 388 g/mol. The van der Waals surface area contributed by atoms with E-state index in [4.69, 9.17) is 9.47 Å². The molecule has 0 unspecified atom stereocenters. The first-order valence-corrected chi connectivity index (χ1v) is 10.5. The Morgan fingerprint density at radius 1 is 1.14 bits per heavy atom. The number of anilines is 1. The van der Waals surface area contributed by atoms with E-state index in [1.54, 1.807) is 0 Å². The standard InChI is InChI=1S/C21H20N4O3S/c1-24-20(18-12-27-16-8-4-5-9-17(16)28-18)22-23-21(24)29-13-19(26)25-11-10-14-6-2-3-7-15(14)25/h2-9,18H,10-13H2,1H3/t18-/m0/s1. The van der Waals surface area contributed by atoms with Crippen molar-refractivity contribution in [3.05, 3.63) is 59.9 Å². The number of carbonyl (C=O) groups excluding carboxylic acids is 1. The first-order valence-electron chi connectivity index (χ1n) is 9.49. The summed E-state index contributed by atoms with van der Waals surface area (Å²) in [6.07, 6.45) is 0.569. The summed E-state index contributed by atoms with van der Waals surface area (Å²) in [6, 6.07) is 15.6. The molecule has 5 rings (SSSR count). The molecule has 0 saturated carbocycles. The van der Waals surface area contributed by atoms with Crippen LogP contribution in [0, 0.1) is 0 Å². The van der Waals surface area contributed by atoms with Crippen molar-refractivity contribution in [2.45, 2.75) is 17.7 Å². The number of hydrogen-bond donors (Lipinski definition) is 0. The van der Waals surface area contributed by atoms with E-state index in [-0.39, 0.29) is 12.0 Å². The van der Waals surface area contributed by atoms with Gasteiger partial charge in [0.05, 0.1) is 5.75 Å². The summed E-state index contributed by atoms with van der Waals surface area (Å²) in [5, 5.41) is 9.23. The molecule has 0 fully saturated rings. The summed E-state index contributed by atoms with van der Waals surface area (Å²) in [4.78, 5) is 14.6. The van der Waals surface area contributed by atoms with Crippen LogP contribution < -0.4 is 14.4 Å². The predicted octanol–water partition coefficient (Wildman–Crippen LogP) is 3.01. The van der Waals surface area contributed by atoms with Crippen LogP contribution in [0.25, 0.3) is 0 Å². The molecule has 7 nitrogen and oxygen atoms in total. The Kier molecular flexibility index (Phi) is 4.63. The van der Waals surface area contributed by atoms with E-state index in [0.29, 0.717) is 29.1 Å². The van der Waals surface area contributed by atoms with Crippen LogP contribution in [-0.2, 0) is 18.3 Å². The second-order valence-corrected chi connectivity index (χ2v) is 7.92. The third-order valence-corrected chi connectivity index (χ3v) is 6.18. The van der Waals surface area contributed by atoms with Gasteiger partial charge in [0.25, 0.3) is 0 Å². The minimum Gasteiger partial charge on any atom is -0.485 e. The maximum atomic E-state index is 12.7. The van der Waals surface area contributed by atoms with Crippen LogP contribution >= 0.6 is 11.8 Å². The summed E-state index contributed by atoms with van der Waals surface area (Å²) in [6.45, 7) is 1.10. The molecule has 3 heterocycles. The number of thioether (sulfide) groups is 1. The number of nitrogens with zero attached hydrogens (tertiary/aromatic N) is 4. The molecule has 1 atom stereocenters. The Bertz CT molecular complexity index is 1070. The highest BCUT2D eigenvalue weighted by molar-refractivity contribution is 7.99. The Morgan fingerprint density at radius 3 is 2.83 bits per heavy atom. The fourth-order valence-corrected chi connectivity index (χ4v) is 4.47. The molecule has 0 bridgehead atoms. The van der Waals surface area contributed by atoms with Crippen molar-refractivity contribution in [2.24, 2.45) is 7.05 Å². The minimum atomic E-state index is -0.335. The second-order valence-electron chi connectivity index (χ2n) is 6.98. The van der Waals surface area contributed by atoms with Gasteiger partial charge in [-0.2, -0.15) is 0 Å². The second kappa shape index (κ2) is 7.44. The lowest BCUT2D eigenvalue weighted by molar-refractivity contribution is -0.116. The Morgan fingerprint density at radius 2 is 1.93 bits per heavy atom. The van der Waals surface area contributed by atoms with Crippen LogP contribution in [0.4, 0.5) is 5.69 Å². The smallest absolute Gasteiger partial charge is 0.237 e. The van der Waals surface area contributed by atoms with Crippen molar-refractivity contribution in [3.63, 3.8) is 0 Å². The topological polar surface area (TPSA) is 69.5 Å². The maximum absolute atomic E-state index is 12.7. The van der Waals surface area contributed by atoms with Crippen molar-refractivity contribution in [1.82, 2.24) is 14.8 Å². The molecule has 0 saturated heterocycles. The number of carbonyl (C=O) groups is 1. The summed E-state index contributed by atoms with van der Waals surface area (Å²) in [5.74, 6) is 2.50. The third-order valence-electron chi connectivity index (χ3n) is 5.18. The molecule has 0 aliphatic carbocycles. The van der Waals surface area contributed by atoms with E-state index in [2.05, 4.69) is 16.3 Å². The molecule has 2 aliphatic heterocycles. The van der Waals surface area contributed by atoms with Crippen molar-refractivity contribution < 1.29 is 14.3 Å². The van der Waals surface area contributed by atoms with E-state index in [1.807, 2.05) is 59.0 Å². The van der Waals surface area contributed by atoms with E-state index in [9.17, 15) is 4.79 Å². The molecule has 8 heteroatoms. The van der Waals surface area contributed by atoms with Gasteiger partial charge < -0.3 is 18.9 Å². The number of hydrogen-bond acceptors (Lipinski definition) is 6. The number of fused-ring (bicyclic) bond motifs is 2. The number of benzene rings is 2. The van der Waals surface area contributed by atoms with Gasteiger partial charge in [-0.15, -0.1) is 10.2 Å². The first kappa shape index (κ1) is 18.1. The molecule has 148 valence electrons. The van der Waals surface area contributed by atoms with Crippen LogP contribution in [0.1, 0.15) is 17.5 Å². The number of ether oxygens (including phenoxy) is 2. The molecule has 1 aromatic heterocycles. The Balaban J connectivity index is 1.26. The van der Waals surface area contributed by atoms with E-state index < -0.39 is 0 Å². The van der Waals surface area contributed by atoms with E-state index >= 15 is 0 Å². The van der Waals surface area contributed by atoms with Gasteiger partial charge >= 0.3 is 0 Å². The van der Waals surface area contributed by atoms with Crippen molar-refractivity contribution in [2.75, 3.05) is 23.8 Å². The zero-order valence-corrected chi connectivity index (χ0v) is 16.8. The largest absolute Gasteiger partial charge is 0.485 e. The van der Waals surface area contributed by atoms with Crippen LogP contribution in [0.2, 0.25) is 0 Å². The van der Waals surface area contributed by atoms with Crippen LogP contribution in [0.15, 0.2) is 53.7 Å². The normalized spacial score (nSPS) is 17.3. The number of para-hydroxylation sites is 3. The Labute approximate surface area is 172 Å². The fourth-order valence-electron chi connectivity index (χ4n) is 3.68. The first-order chi connectivity index (χ1) is 14.2. The average Bonchev–Trinajstić information content (AvgIpc) is 3.35. The highest BCUT2D eigenvalue weighted by atomic mass is 32.2. The molecule has 0 radical (unpaired) electrons. The van der Waals surface area contributed by atoms with Gasteiger partial charge in [-0.25, -0.2) is 0 Å². The molecule has 0 N–H and O–H groups in total. The van der Waals surface area contributed by atoms with Gasteiger partial charge in [-0.1, -0.05) is 42.1 Å². The van der Waals surface area contributed by atoms with Crippen molar-refractivity contribution in [1.29, 1.82) is 0 Å². The van der Waals surface area contributed by atoms with Gasteiger partial charge in [0.2, 0.25) is 5.91 Å². The average molecular weight is 408 g/mol. The lowest BCUT2D eigenvalue weighted by atomic mass is 10.2. The Hall–Kier alpha value is -3.00. The van der Waals surface area contributed by atoms with Crippen molar-refractivity contribution in [3.8, 4) is 11.5 Å². The molecule has 1 amide bonds. The number of aromatic nitrogens is 3. The maximum Gasteiger partial charge on any atom is 0.237 e.